The van der Waals surface area contributed by atoms with Crippen molar-refractivity contribution in [3.63, 3.8) is 0 Å². The van der Waals surface area contributed by atoms with Crippen LogP contribution >= 0.6 is 15.9 Å². The quantitative estimate of drug-likeness (QED) is 0.294. The fourth-order valence-electron chi connectivity index (χ4n) is 2.93. The van der Waals surface area contributed by atoms with Crippen molar-refractivity contribution in [1.82, 2.24) is 14.7 Å². The molecule has 31 heavy (non-hydrogen) atoms. The van der Waals surface area contributed by atoms with Crippen LogP contribution in [0.2, 0.25) is 0 Å². The van der Waals surface area contributed by atoms with E-state index in [0.29, 0.717) is 34.0 Å². The van der Waals surface area contributed by atoms with E-state index in [0.717, 1.165) is 32.1 Å². The molecule has 2 rings (SSSR count). The van der Waals surface area contributed by atoms with Gasteiger partial charge < -0.3 is 15.7 Å². The molecule has 2 aromatic rings. The second-order valence-electron chi connectivity index (χ2n) is 7.39. The van der Waals surface area contributed by atoms with E-state index >= 15 is 0 Å². The van der Waals surface area contributed by atoms with E-state index in [2.05, 4.69) is 48.2 Å². The third kappa shape index (κ3) is 7.71. The van der Waals surface area contributed by atoms with Crippen LogP contribution in [-0.4, -0.2) is 42.7 Å². The summed E-state index contributed by atoms with van der Waals surface area (Å²) in [5.74, 6) is 0.866. The second-order valence-corrected chi connectivity index (χ2v) is 9.98. The van der Waals surface area contributed by atoms with Crippen molar-refractivity contribution < 1.29 is 13.5 Å². The summed E-state index contributed by atoms with van der Waals surface area (Å²) in [6, 6.07) is 5.00. The van der Waals surface area contributed by atoms with Gasteiger partial charge in [-0.25, -0.2) is 18.1 Å². The maximum Gasteiger partial charge on any atom is 0.240 e. The number of nitrogens with zero attached hydrogens (tertiary/aromatic N) is 2. The Morgan fingerprint density at radius 2 is 1.97 bits per heavy atom. The lowest BCUT2D eigenvalue weighted by Crippen LogP contribution is -2.25. The summed E-state index contributed by atoms with van der Waals surface area (Å²) < 4.78 is 28.9. The molecule has 4 N–H and O–H groups in total. The van der Waals surface area contributed by atoms with Gasteiger partial charge in [0.2, 0.25) is 16.0 Å². The number of aliphatic hydroxyl groups excluding tert-OH is 1. The van der Waals surface area contributed by atoms with Crippen LogP contribution < -0.4 is 15.4 Å². The zero-order valence-electron chi connectivity index (χ0n) is 18.3. The highest BCUT2D eigenvalue weighted by Crippen LogP contribution is 2.25. The molecule has 0 radical (unpaired) electrons. The molecule has 172 valence electrons. The van der Waals surface area contributed by atoms with E-state index in [1.807, 2.05) is 6.92 Å². The Morgan fingerprint density at radius 1 is 1.19 bits per heavy atom. The van der Waals surface area contributed by atoms with E-state index in [1.165, 1.54) is 0 Å². The van der Waals surface area contributed by atoms with Gasteiger partial charge in [-0.2, -0.15) is 4.98 Å². The largest absolute Gasteiger partial charge is 0.394 e. The minimum Gasteiger partial charge on any atom is -0.394 e. The van der Waals surface area contributed by atoms with Gasteiger partial charge in [-0.3, -0.25) is 0 Å². The zero-order valence-corrected chi connectivity index (χ0v) is 20.7. The molecule has 1 heterocycles. The first kappa shape index (κ1) is 25.5. The lowest BCUT2D eigenvalue weighted by atomic mass is 10.2. The average molecular weight is 514 g/mol. The van der Waals surface area contributed by atoms with Crippen LogP contribution in [0.1, 0.15) is 51.5 Å². The van der Waals surface area contributed by atoms with E-state index < -0.39 is 10.0 Å². The Bertz CT molecular complexity index is 952. The average Bonchev–Trinajstić information content (AvgIpc) is 2.75. The number of aromatic nitrogens is 2. The minimum atomic E-state index is -3.61. The van der Waals surface area contributed by atoms with Crippen molar-refractivity contribution in [1.29, 1.82) is 0 Å². The molecule has 10 heteroatoms. The molecule has 0 fully saturated rings. The van der Waals surface area contributed by atoms with Gasteiger partial charge in [0.15, 0.2) is 0 Å². The summed E-state index contributed by atoms with van der Waals surface area (Å²) >= 11 is 3.41. The van der Waals surface area contributed by atoms with E-state index in [4.69, 9.17) is 0 Å². The van der Waals surface area contributed by atoms with Gasteiger partial charge in [-0.1, -0.05) is 39.2 Å². The van der Waals surface area contributed by atoms with Crippen LogP contribution in [0, 0.1) is 6.92 Å². The normalized spacial score (nSPS) is 12.5. The summed E-state index contributed by atoms with van der Waals surface area (Å²) in [5, 5.41) is 15.6. The van der Waals surface area contributed by atoms with E-state index in [-0.39, 0.29) is 17.5 Å². The lowest BCUT2D eigenvalue weighted by molar-refractivity contribution is 0.271. The molecular weight excluding hydrogens is 482 g/mol. The predicted molar refractivity (Wildman–Crippen MR) is 128 cm³/mol. The van der Waals surface area contributed by atoms with Crippen LogP contribution in [-0.2, 0) is 10.0 Å². The van der Waals surface area contributed by atoms with Gasteiger partial charge in [0.05, 0.1) is 22.0 Å². The molecule has 1 aromatic carbocycles. The van der Waals surface area contributed by atoms with Crippen molar-refractivity contribution in [3.8, 4) is 0 Å². The third-order valence-corrected chi connectivity index (χ3v) is 7.04. The molecule has 1 aromatic heterocycles. The first-order valence-corrected chi connectivity index (χ1v) is 12.9. The fourth-order valence-corrected chi connectivity index (χ4v) is 4.58. The first-order chi connectivity index (χ1) is 14.8. The van der Waals surface area contributed by atoms with Crippen molar-refractivity contribution >= 4 is 43.4 Å². The minimum absolute atomic E-state index is 0.0136. The molecule has 0 bridgehead atoms. The van der Waals surface area contributed by atoms with Crippen molar-refractivity contribution in [2.75, 3.05) is 23.8 Å². The van der Waals surface area contributed by atoms with Crippen LogP contribution in [0.3, 0.4) is 0 Å². The molecule has 1 atom stereocenters. The molecule has 0 saturated heterocycles. The zero-order chi connectivity index (χ0) is 22.9. The number of rotatable bonds is 13. The number of aliphatic hydroxyl groups is 1. The van der Waals surface area contributed by atoms with Crippen molar-refractivity contribution in [2.45, 2.75) is 63.8 Å². The van der Waals surface area contributed by atoms with Crippen LogP contribution in [0.15, 0.2) is 33.8 Å². The number of sulfonamides is 1. The number of hydrogen-bond donors (Lipinski definition) is 4. The molecule has 0 saturated carbocycles. The van der Waals surface area contributed by atoms with Crippen LogP contribution in [0.25, 0.3) is 0 Å². The van der Waals surface area contributed by atoms with Crippen molar-refractivity contribution in [2.24, 2.45) is 0 Å². The van der Waals surface area contributed by atoms with Gasteiger partial charge >= 0.3 is 0 Å². The SMILES string of the molecule is CCCCCCNS(=O)(=O)c1cc(Nc2ncc(Br)c(N[C@H](CC)CO)n2)ccc1C. The topological polar surface area (TPSA) is 116 Å². The maximum atomic E-state index is 12.8. The molecular formula is C21H32BrN5O3S. The molecule has 0 amide bonds. The summed E-state index contributed by atoms with van der Waals surface area (Å²) in [6.07, 6.45) is 6.37. The smallest absolute Gasteiger partial charge is 0.240 e. The molecule has 0 aliphatic rings. The number of hydrogen-bond acceptors (Lipinski definition) is 7. The number of anilines is 3. The molecule has 8 nitrogen and oxygen atoms in total. The van der Waals surface area contributed by atoms with E-state index in [1.54, 1.807) is 31.3 Å². The molecule has 0 unspecified atom stereocenters. The number of benzene rings is 1. The molecule has 0 aliphatic heterocycles. The Balaban J connectivity index is 2.16. The maximum absolute atomic E-state index is 12.8. The van der Waals surface area contributed by atoms with Gasteiger partial charge in [0, 0.05) is 18.4 Å². The van der Waals surface area contributed by atoms with Gasteiger partial charge in [-0.15, -0.1) is 0 Å². The highest BCUT2D eigenvalue weighted by Gasteiger charge is 2.17. The van der Waals surface area contributed by atoms with Crippen molar-refractivity contribution in [3.05, 3.63) is 34.4 Å². The Morgan fingerprint density at radius 3 is 2.65 bits per heavy atom. The number of aryl methyl sites for hydroxylation is 1. The summed E-state index contributed by atoms with van der Waals surface area (Å²) in [5.41, 5.74) is 1.24. The van der Waals surface area contributed by atoms with Gasteiger partial charge in [0.1, 0.15) is 5.82 Å². The number of nitrogens with one attached hydrogen (secondary N) is 3. The number of unbranched alkanes of at least 4 members (excludes halogenated alkanes) is 3. The lowest BCUT2D eigenvalue weighted by Gasteiger charge is -2.16. The molecule has 0 aliphatic carbocycles. The van der Waals surface area contributed by atoms with Crippen LogP contribution in [0.5, 0.6) is 0 Å². The standard InChI is InChI=1S/C21H32BrN5O3S/c1-4-6-7-8-11-24-31(29,30)19-12-17(10-9-15(19)3)26-21-23-13-18(22)20(27-21)25-16(5-2)14-28/h9-10,12-13,16,24,28H,4-8,11,14H2,1-3H3,(H2,23,25,26,27)/t16-/m1/s1. The second kappa shape index (κ2) is 12.3. The number of halogens is 1. The summed E-state index contributed by atoms with van der Waals surface area (Å²) in [7, 11) is -3.61. The Hall–Kier alpha value is -1.75. The Kier molecular flexibility index (Phi) is 10.1. The van der Waals surface area contributed by atoms with Gasteiger partial charge in [0.25, 0.3) is 0 Å². The third-order valence-electron chi connectivity index (χ3n) is 4.85. The predicted octanol–water partition coefficient (Wildman–Crippen LogP) is 4.33. The highest BCUT2D eigenvalue weighted by molar-refractivity contribution is 9.10. The summed E-state index contributed by atoms with van der Waals surface area (Å²) in [4.78, 5) is 8.92. The van der Waals surface area contributed by atoms with E-state index in [9.17, 15) is 13.5 Å². The Labute approximate surface area is 193 Å². The highest BCUT2D eigenvalue weighted by atomic mass is 79.9. The van der Waals surface area contributed by atoms with Gasteiger partial charge in [-0.05, 0) is 53.4 Å². The fraction of sp³-hybridized carbons (Fsp3) is 0.524. The molecule has 0 spiro atoms. The first-order valence-electron chi connectivity index (χ1n) is 10.6. The van der Waals surface area contributed by atoms with Crippen LogP contribution in [0.4, 0.5) is 17.5 Å². The monoisotopic (exact) mass is 513 g/mol. The summed E-state index contributed by atoms with van der Waals surface area (Å²) in [6.45, 7) is 6.27.